The van der Waals surface area contributed by atoms with E-state index >= 15 is 0 Å². The zero-order valence-electron chi connectivity index (χ0n) is 10.3. The number of hydrogen-bond acceptors (Lipinski definition) is 4. The largest absolute Gasteiger partial charge is 0.416 e. The van der Waals surface area contributed by atoms with E-state index < -0.39 is 22.4 Å². The van der Waals surface area contributed by atoms with Crippen molar-refractivity contribution in [2.45, 2.75) is 16.0 Å². The van der Waals surface area contributed by atoms with Crippen LogP contribution in [-0.2, 0) is 6.18 Å². The van der Waals surface area contributed by atoms with Crippen LogP contribution in [0.15, 0.2) is 46.2 Å². The number of nitro groups is 1. The number of fused-ring (bicyclic) bond motifs is 2. The van der Waals surface area contributed by atoms with Crippen molar-refractivity contribution in [3.05, 3.63) is 52.1 Å². The van der Waals surface area contributed by atoms with Crippen molar-refractivity contribution in [3.8, 4) is 0 Å². The van der Waals surface area contributed by atoms with Crippen LogP contribution < -0.4 is 5.32 Å². The van der Waals surface area contributed by atoms with E-state index in [0.717, 1.165) is 22.7 Å². The molecule has 1 aliphatic heterocycles. The normalized spacial score (nSPS) is 13.1. The minimum Gasteiger partial charge on any atom is -0.348 e. The maximum atomic E-state index is 12.8. The van der Waals surface area contributed by atoms with Gasteiger partial charge >= 0.3 is 6.18 Å². The van der Waals surface area contributed by atoms with Crippen molar-refractivity contribution < 1.29 is 18.1 Å². The van der Waals surface area contributed by atoms with Crippen molar-refractivity contribution in [1.82, 2.24) is 0 Å². The highest BCUT2D eigenvalue weighted by molar-refractivity contribution is 7.99. The molecule has 4 nitrogen and oxygen atoms in total. The Bertz CT molecular complexity index is 747. The van der Waals surface area contributed by atoms with Gasteiger partial charge in [0.2, 0.25) is 0 Å². The third-order valence-electron chi connectivity index (χ3n) is 2.97. The van der Waals surface area contributed by atoms with E-state index in [2.05, 4.69) is 5.32 Å². The first-order valence-electron chi connectivity index (χ1n) is 5.80. The van der Waals surface area contributed by atoms with Crippen LogP contribution >= 0.6 is 11.8 Å². The fourth-order valence-electron chi connectivity index (χ4n) is 2.03. The summed E-state index contributed by atoms with van der Waals surface area (Å²) in [6.45, 7) is 0. The van der Waals surface area contributed by atoms with Gasteiger partial charge in [0.05, 0.1) is 16.2 Å². The van der Waals surface area contributed by atoms with Crippen LogP contribution in [0.3, 0.4) is 0 Å². The molecule has 0 saturated carbocycles. The Morgan fingerprint density at radius 2 is 1.86 bits per heavy atom. The van der Waals surface area contributed by atoms with Crippen LogP contribution in [0.1, 0.15) is 5.56 Å². The van der Waals surface area contributed by atoms with E-state index in [4.69, 9.17) is 0 Å². The van der Waals surface area contributed by atoms with E-state index in [0.29, 0.717) is 11.8 Å². The molecule has 0 spiro atoms. The number of rotatable bonds is 1. The zero-order chi connectivity index (χ0) is 15.2. The van der Waals surface area contributed by atoms with Crippen LogP contribution in [0.2, 0.25) is 0 Å². The van der Waals surface area contributed by atoms with Gasteiger partial charge in [0, 0.05) is 15.9 Å². The first kappa shape index (κ1) is 13.7. The van der Waals surface area contributed by atoms with Gasteiger partial charge < -0.3 is 5.32 Å². The highest BCUT2D eigenvalue weighted by atomic mass is 32.2. The topological polar surface area (TPSA) is 55.2 Å². The van der Waals surface area contributed by atoms with Gasteiger partial charge in [0.1, 0.15) is 5.69 Å². The number of nitrogens with zero attached hydrogens (tertiary/aromatic N) is 1. The smallest absolute Gasteiger partial charge is 0.348 e. The molecule has 0 saturated heterocycles. The second-order valence-electron chi connectivity index (χ2n) is 4.35. The summed E-state index contributed by atoms with van der Waals surface area (Å²) in [5.41, 5.74) is -0.877. The van der Waals surface area contributed by atoms with Crippen molar-refractivity contribution >= 4 is 28.8 Å². The molecule has 2 aromatic rings. The first-order chi connectivity index (χ1) is 9.86. The van der Waals surface area contributed by atoms with E-state index in [1.165, 1.54) is 0 Å². The average molecular weight is 312 g/mol. The fourth-order valence-corrected chi connectivity index (χ4v) is 3.08. The monoisotopic (exact) mass is 312 g/mol. The molecule has 0 atom stereocenters. The third kappa shape index (κ3) is 2.42. The summed E-state index contributed by atoms with van der Waals surface area (Å²) in [7, 11) is 0. The van der Waals surface area contributed by atoms with Crippen molar-refractivity contribution in [1.29, 1.82) is 0 Å². The summed E-state index contributed by atoms with van der Waals surface area (Å²) in [5.74, 6) is 0. The lowest BCUT2D eigenvalue weighted by atomic mass is 10.1. The Kier molecular flexibility index (Phi) is 3.05. The molecular weight excluding hydrogens is 305 g/mol. The molecule has 0 amide bonds. The lowest BCUT2D eigenvalue weighted by Crippen LogP contribution is -2.09. The summed E-state index contributed by atoms with van der Waals surface area (Å²) >= 11 is 1.08. The van der Waals surface area contributed by atoms with Gasteiger partial charge in [-0.15, -0.1) is 0 Å². The van der Waals surface area contributed by atoms with Crippen molar-refractivity contribution in [2.75, 3.05) is 5.32 Å². The molecule has 1 heterocycles. The maximum absolute atomic E-state index is 12.8. The molecular formula is C13H7F3N2O2S. The lowest BCUT2D eigenvalue weighted by Gasteiger charge is -2.21. The van der Waals surface area contributed by atoms with Crippen LogP contribution in [0.25, 0.3) is 0 Å². The van der Waals surface area contributed by atoms with Crippen LogP contribution in [-0.4, -0.2) is 4.92 Å². The second-order valence-corrected chi connectivity index (χ2v) is 5.43. The number of nitro benzene ring substituents is 1. The van der Waals surface area contributed by atoms with E-state index in [-0.39, 0.29) is 10.6 Å². The Morgan fingerprint density at radius 1 is 1.14 bits per heavy atom. The molecule has 0 radical (unpaired) electrons. The van der Waals surface area contributed by atoms with Crippen molar-refractivity contribution in [2.24, 2.45) is 0 Å². The maximum Gasteiger partial charge on any atom is 0.416 e. The molecule has 2 aromatic carbocycles. The first-order valence-corrected chi connectivity index (χ1v) is 6.61. The number of nitrogens with one attached hydrogen (secondary N) is 1. The Labute approximate surface area is 121 Å². The number of hydrogen-bond donors (Lipinski definition) is 1. The minimum absolute atomic E-state index is 0.0942. The van der Waals surface area contributed by atoms with Gasteiger partial charge in [0.25, 0.3) is 5.69 Å². The number of halogens is 3. The molecule has 0 bridgehead atoms. The summed E-state index contributed by atoms with van der Waals surface area (Å²) < 4.78 is 38.5. The SMILES string of the molecule is O=[N+]([O-])c1cc(C(F)(F)F)cc2c1Nc1ccccc1S2. The molecule has 108 valence electrons. The van der Waals surface area contributed by atoms with Gasteiger partial charge in [-0.3, -0.25) is 10.1 Å². The van der Waals surface area contributed by atoms with E-state index in [1.807, 2.05) is 0 Å². The quantitative estimate of drug-likeness (QED) is 0.517. The van der Waals surface area contributed by atoms with E-state index in [1.54, 1.807) is 24.3 Å². The summed E-state index contributed by atoms with van der Waals surface area (Å²) in [6, 6.07) is 8.43. The number of anilines is 2. The van der Waals surface area contributed by atoms with Gasteiger partial charge in [0.15, 0.2) is 0 Å². The number of para-hydroxylation sites is 1. The van der Waals surface area contributed by atoms with Crippen LogP contribution in [0.4, 0.5) is 30.2 Å². The second kappa shape index (κ2) is 4.66. The lowest BCUT2D eigenvalue weighted by molar-refractivity contribution is -0.384. The third-order valence-corrected chi connectivity index (χ3v) is 4.09. The molecule has 1 N–H and O–H groups in total. The predicted molar refractivity (Wildman–Crippen MR) is 71.9 cm³/mol. The molecule has 8 heteroatoms. The van der Waals surface area contributed by atoms with Gasteiger partial charge in [-0.05, 0) is 18.2 Å². The molecule has 0 aromatic heterocycles. The fraction of sp³-hybridized carbons (Fsp3) is 0.0769. The summed E-state index contributed by atoms with van der Waals surface area (Å²) in [5, 5.41) is 13.9. The standard InChI is InChI=1S/C13H7F3N2O2S/c14-13(15,16)7-5-9(18(19)20)12-11(6-7)21-10-4-2-1-3-8(10)17-12/h1-6,17H. The highest BCUT2D eigenvalue weighted by Crippen LogP contribution is 2.49. The Morgan fingerprint density at radius 3 is 2.52 bits per heavy atom. The molecule has 3 rings (SSSR count). The van der Waals surface area contributed by atoms with Crippen LogP contribution in [0.5, 0.6) is 0 Å². The summed E-state index contributed by atoms with van der Waals surface area (Å²) in [4.78, 5) is 11.2. The molecule has 0 unspecified atom stereocenters. The molecule has 1 aliphatic rings. The number of benzene rings is 2. The number of alkyl halides is 3. The minimum atomic E-state index is -4.63. The average Bonchev–Trinajstić information content (AvgIpc) is 2.42. The molecule has 0 fully saturated rings. The van der Waals surface area contributed by atoms with Crippen molar-refractivity contribution in [3.63, 3.8) is 0 Å². The van der Waals surface area contributed by atoms with Gasteiger partial charge in [-0.25, -0.2) is 0 Å². The Hall–Kier alpha value is -2.22. The highest BCUT2D eigenvalue weighted by Gasteiger charge is 2.35. The molecule has 21 heavy (non-hydrogen) atoms. The summed E-state index contributed by atoms with van der Waals surface area (Å²) in [6.07, 6.45) is -4.63. The zero-order valence-corrected chi connectivity index (χ0v) is 11.1. The molecule has 0 aliphatic carbocycles. The van der Waals surface area contributed by atoms with Gasteiger partial charge in [-0.1, -0.05) is 23.9 Å². The van der Waals surface area contributed by atoms with E-state index in [9.17, 15) is 23.3 Å². The predicted octanol–water partition coefficient (Wildman–Crippen LogP) is 4.82. The Balaban J connectivity index is 2.19. The van der Waals surface area contributed by atoms with Crippen LogP contribution in [0, 0.1) is 10.1 Å². The van der Waals surface area contributed by atoms with Gasteiger partial charge in [-0.2, -0.15) is 13.2 Å².